The van der Waals surface area contributed by atoms with E-state index in [-0.39, 0.29) is 23.6 Å². The Kier molecular flexibility index (Phi) is 3.54. The van der Waals surface area contributed by atoms with Crippen LogP contribution in [-0.2, 0) is 9.59 Å². The lowest BCUT2D eigenvalue weighted by Gasteiger charge is -2.24. The van der Waals surface area contributed by atoms with Crippen molar-refractivity contribution in [1.29, 1.82) is 5.26 Å². The van der Waals surface area contributed by atoms with Gasteiger partial charge in [-0.25, -0.2) is 4.39 Å². The van der Waals surface area contributed by atoms with Gasteiger partial charge in [0.2, 0.25) is 11.8 Å². The van der Waals surface area contributed by atoms with Gasteiger partial charge in [-0.2, -0.15) is 5.26 Å². The molecule has 5 nitrogen and oxygen atoms in total. The average Bonchev–Trinajstić information content (AvgIpc) is 2.63. The quantitative estimate of drug-likeness (QED) is 0.761. The van der Waals surface area contributed by atoms with E-state index in [0.29, 0.717) is 11.4 Å². The highest BCUT2D eigenvalue weighted by Gasteiger charge is 2.32. The van der Waals surface area contributed by atoms with Gasteiger partial charge in [0.1, 0.15) is 18.3 Å². The van der Waals surface area contributed by atoms with Gasteiger partial charge in [-0.3, -0.25) is 14.5 Å². The Bertz CT molecular complexity index is 857. The van der Waals surface area contributed by atoms with Gasteiger partial charge in [-0.05, 0) is 24.3 Å². The third-order valence-electron chi connectivity index (χ3n) is 3.73. The van der Waals surface area contributed by atoms with E-state index in [0.717, 1.165) is 0 Å². The van der Waals surface area contributed by atoms with Gasteiger partial charge < -0.3 is 4.90 Å². The van der Waals surface area contributed by atoms with Crippen molar-refractivity contribution in [2.45, 2.75) is 6.42 Å². The molecule has 0 aromatic heterocycles. The molecule has 1 heterocycles. The van der Waals surface area contributed by atoms with Crippen LogP contribution in [0.1, 0.15) is 12.0 Å². The molecule has 0 aliphatic carbocycles. The van der Waals surface area contributed by atoms with Crippen LogP contribution in [0.25, 0.3) is 0 Å². The molecule has 0 N–H and O–H groups in total. The highest BCUT2D eigenvalue weighted by molar-refractivity contribution is 6.18. The van der Waals surface area contributed by atoms with E-state index in [1.54, 1.807) is 24.3 Å². The maximum absolute atomic E-state index is 13.7. The Hall–Kier alpha value is -3.20. The zero-order valence-electron chi connectivity index (χ0n) is 12.3. The number of halogens is 1. The van der Waals surface area contributed by atoms with Crippen molar-refractivity contribution >= 4 is 28.9 Å². The number of carbonyl (C=O) groups is 2. The molecule has 0 saturated carbocycles. The Balaban J connectivity index is 2.29. The molecule has 6 heteroatoms. The van der Waals surface area contributed by atoms with Crippen molar-refractivity contribution in [3.63, 3.8) is 0 Å². The van der Waals surface area contributed by atoms with E-state index < -0.39 is 11.7 Å². The number of nitriles is 1. The fourth-order valence-electron chi connectivity index (χ4n) is 2.58. The van der Waals surface area contributed by atoms with Crippen LogP contribution in [0.15, 0.2) is 42.5 Å². The molecular weight excluding hydrogens is 297 g/mol. The van der Waals surface area contributed by atoms with Gasteiger partial charge in [0, 0.05) is 13.1 Å². The highest BCUT2D eigenvalue weighted by atomic mass is 19.1. The predicted octanol–water partition coefficient (Wildman–Crippen LogP) is 2.73. The lowest BCUT2D eigenvalue weighted by Crippen LogP contribution is -2.29. The van der Waals surface area contributed by atoms with E-state index in [9.17, 15) is 19.2 Å². The zero-order valence-corrected chi connectivity index (χ0v) is 12.3. The van der Waals surface area contributed by atoms with E-state index in [1.165, 1.54) is 35.0 Å². The summed E-state index contributed by atoms with van der Waals surface area (Å²) in [6.45, 7) is 0. The topological polar surface area (TPSA) is 64.4 Å². The number of nitrogens with zero attached hydrogens (tertiary/aromatic N) is 3. The number of carbonyl (C=O) groups excluding carboxylic acids is 2. The second-order valence-electron chi connectivity index (χ2n) is 5.12. The number of amides is 2. The molecule has 0 spiro atoms. The van der Waals surface area contributed by atoms with Gasteiger partial charge in [-0.15, -0.1) is 0 Å². The molecule has 0 unspecified atom stereocenters. The van der Waals surface area contributed by atoms with Crippen molar-refractivity contribution in [3.8, 4) is 6.07 Å². The summed E-state index contributed by atoms with van der Waals surface area (Å²) in [6, 6.07) is 12.4. The molecule has 23 heavy (non-hydrogen) atoms. The lowest BCUT2D eigenvalue weighted by molar-refractivity contribution is -0.125. The minimum atomic E-state index is -0.529. The molecule has 2 aromatic carbocycles. The van der Waals surface area contributed by atoms with Crippen LogP contribution in [0.3, 0.4) is 0 Å². The summed E-state index contributed by atoms with van der Waals surface area (Å²) in [7, 11) is 1.53. The molecule has 0 fully saturated rings. The van der Waals surface area contributed by atoms with Crippen LogP contribution >= 0.6 is 0 Å². The summed E-state index contributed by atoms with van der Waals surface area (Å²) in [6.07, 6.45) is -0.355. The molecule has 2 amide bonds. The van der Waals surface area contributed by atoms with Crippen molar-refractivity contribution in [3.05, 3.63) is 53.8 Å². The van der Waals surface area contributed by atoms with E-state index in [2.05, 4.69) is 0 Å². The summed E-state index contributed by atoms with van der Waals surface area (Å²) in [5.41, 5.74) is 1.25. The fraction of sp³-hybridized carbons (Fsp3) is 0.118. The molecule has 0 saturated heterocycles. The van der Waals surface area contributed by atoms with Crippen molar-refractivity contribution in [2.75, 3.05) is 16.8 Å². The molecular formula is C17H12FN3O2. The summed E-state index contributed by atoms with van der Waals surface area (Å²) >= 11 is 0. The normalized spacial score (nSPS) is 14.3. The van der Waals surface area contributed by atoms with E-state index in [1.807, 2.05) is 6.07 Å². The lowest BCUT2D eigenvalue weighted by atomic mass is 10.1. The average molecular weight is 309 g/mol. The maximum Gasteiger partial charge on any atom is 0.241 e. The summed E-state index contributed by atoms with van der Waals surface area (Å²) < 4.78 is 13.7. The molecule has 0 atom stereocenters. The number of hydrogen-bond acceptors (Lipinski definition) is 3. The van der Waals surface area contributed by atoms with Gasteiger partial charge in [0.15, 0.2) is 0 Å². The third kappa shape index (κ3) is 2.42. The SMILES string of the molecule is CN1C(=O)CC(=O)N(c2ccccc2C#N)c2cc(F)ccc21. The van der Waals surface area contributed by atoms with Crippen LogP contribution in [0.4, 0.5) is 21.5 Å². The summed E-state index contributed by atoms with van der Waals surface area (Å²) in [5.74, 6) is -1.42. The van der Waals surface area contributed by atoms with Crippen LogP contribution in [0.5, 0.6) is 0 Å². The smallest absolute Gasteiger partial charge is 0.241 e. The number of rotatable bonds is 1. The Morgan fingerprint density at radius 2 is 1.78 bits per heavy atom. The van der Waals surface area contributed by atoms with Crippen LogP contribution in [-0.4, -0.2) is 18.9 Å². The molecule has 2 aromatic rings. The predicted molar refractivity (Wildman–Crippen MR) is 82.7 cm³/mol. The van der Waals surface area contributed by atoms with Crippen LogP contribution < -0.4 is 9.80 Å². The van der Waals surface area contributed by atoms with E-state index in [4.69, 9.17) is 0 Å². The Morgan fingerprint density at radius 3 is 2.52 bits per heavy atom. The van der Waals surface area contributed by atoms with Crippen LogP contribution in [0.2, 0.25) is 0 Å². The summed E-state index contributed by atoms with van der Waals surface area (Å²) in [5, 5.41) is 9.27. The first-order valence-corrected chi connectivity index (χ1v) is 6.91. The minimum Gasteiger partial charge on any atom is -0.313 e. The Labute approximate surface area is 132 Å². The number of para-hydroxylation sites is 1. The first kappa shape index (κ1) is 14.7. The van der Waals surface area contributed by atoms with Gasteiger partial charge in [0.25, 0.3) is 0 Å². The molecule has 1 aliphatic heterocycles. The number of benzene rings is 2. The van der Waals surface area contributed by atoms with Crippen LogP contribution in [0, 0.1) is 17.1 Å². The van der Waals surface area contributed by atoms with Gasteiger partial charge >= 0.3 is 0 Å². The zero-order chi connectivity index (χ0) is 16.6. The largest absolute Gasteiger partial charge is 0.313 e. The first-order valence-electron chi connectivity index (χ1n) is 6.91. The monoisotopic (exact) mass is 309 g/mol. The van der Waals surface area contributed by atoms with Crippen molar-refractivity contribution < 1.29 is 14.0 Å². The summed E-state index contributed by atoms with van der Waals surface area (Å²) in [4.78, 5) is 27.2. The van der Waals surface area contributed by atoms with Gasteiger partial charge in [0.05, 0.1) is 22.6 Å². The fourth-order valence-corrected chi connectivity index (χ4v) is 2.58. The highest BCUT2D eigenvalue weighted by Crippen LogP contribution is 2.38. The second-order valence-corrected chi connectivity index (χ2v) is 5.12. The van der Waals surface area contributed by atoms with Crippen molar-refractivity contribution in [1.82, 2.24) is 0 Å². The molecule has 0 radical (unpaired) electrons. The first-order chi connectivity index (χ1) is 11.0. The Morgan fingerprint density at radius 1 is 1.04 bits per heavy atom. The molecule has 1 aliphatic rings. The maximum atomic E-state index is 13.7. The standard InChI is InChI=1S/C17H12FN3O2/c1-20-14-7-6-12(18)8-15(14)21(17(23)9-16(20)22)13-5-3-2-4-11(13)10-19/h2-8H,9H2,1H3. The second kappa shape index (κ2) is 5.54. The number of anilines is 3. The van der Waals surface area contributed by atoms with Gasteiger partial charge in [-0.1, -0.05) is 12.1 Å². The number of fused-ring (bicyclic) bond motifs is 1. The molecule has 114 valence electrons. The number of hydrogen-bond donors (Lipinski definition) is 0. The third-order valence-corrected chi connectivity index (χ3v) is 3.73. The molecule has 3 rings (SSSR count). The minimum absolute atomic E-state index is 0.242. The molecule has 0 bridgehead atoms. The van der Waals surface area contributed by atoms with Crippen molar-refractivity contribution in [2.24, 2.45) is 0 Å². The van der Waals surface area contributed by atoms with E-state index >= 15 is 0 Å².